The van der Waals surface area contributed by atoms with Crippen LogP contribution >= 0.6 is 0 Å². The molecule has 1 fully saturated rings. The third-order valence-electron chi connectivity index (χ3n) is 3.60. The molecule has 19 heavy (non-hydrogen) atoms. The molecule has 2 heterocycles. The summed E-state index contributed by atoms with van der Waals surface area (Å²) in [6, 6.07) is 0. The van der Waals surface area contributed by atoms with Crippen molar-refractivity contribution in [3.8, 4) is 0 Å². The van der Waals surface area contributed by atoms with Gasteiger partial charge in [-0.05, 0) is 25.7 Å². The number of hydrazine groups is 1. The first kappa shape index (κ1) is 13.5. The number of piperidine rings is 1. The molecule has 1 aliphatic heterocycles. The normalized spacial score (nSPS) is 16.4. The molecule has 7 nitrogen and oxygen atoms in total. The summed E-state index contributed by atoms with van der Waals surface area (Å²) < 4.78 is 0. The molecule has 1 amide bonds. The number of nitrogens with zero attached hydrogens (tertiary/aromatic N) is 3. The van der Waals surface area contributed by atoms with E-state index in [-0.39, 0.29) is 5.91 Å². The van der Waals surface area contributed by atoms with Gasteiger partial charge in [-0.3, -0.25) is 4.79 Å². The number of aromatic nitrogens is 2. The lowest BCUT2D eigenvalue weighted by Crippen LogP contribution is -2.36. The van der Waals surface area contributed by atoms with Crippen LogP contribution in [0.4, 0.5) is 11.6 Å². The van der Waals surface area contributed by atoms with E-state index in [0.29, 0.717) is 18.2 Å². The van der Waals surface area contributed by atoms with Crippen molar-refractivity contribution in [2.75, 3.05) is 23.4 Å². The zero-order chi connectivity index (χ0) is 13.8. The first-order valence-corrected chi connectivity index (χ1v) is 6.43. The van der Waals surface area contributed by atoms with Crippen molar-refractivity contribution < 1.29 is 4.79 Å². The fourth-order valence-electron chi connectivity index (χ4n) is 2.54. The molecule has 0 saturated carbocycles. The lowest BCUT2D eigenvalue weighted by atomic mass is 9.93. The van der Waals surface area contributed by atoms with Crippen LogP contribution in [0.15, 0.2) is 6.33 Å². The predicted molar refractivity (Wildman–Crippen MR) is 73.3 cm³/mol. The Morgan fingerprint density at radius 3 is 2.74 bits per heavy atom. The van der Waals surface area contributed by atoms with Gasteiger partial charge in [0.15, 0.2) is 0 Å². The fraction of sp³-hybridized carbons (Fsp3) is 0.583. The number of nitrogen functional groups attached to an aromatic ring is 1. The zero-order valence-corrected chi connectivity index (χ0v) is 11.1. The molecule has 1 aromatic heterocycles. The summed E-state index contributed by atoms with van der Waals surface area (Å²) in [6.07, 6.45) is 3.90. The van der Waals surface area contributed by atoms with Crippen LogP contribution in [-0.4, -0.2) is 29.0 Å². The standard InChI is InChI=1S/C12H20N6O/c1-8-11(17-14)15-7-16-12(8)18-4-2-9(3-5-18)6-10(13)19/h7,9H,2-6,14H2,1H3,(H2,13,19)(H,15,16,17). The van der Waals surface area contributed by atoms with Gasteiger partial charge in [0.1, 0.15) is 18.0 Å². The van der Waals surface area contributed by atoms with Crippen LogP contribution in [0.25, 0.3) is 0 Å². The Morgan fingerprint density at radius 1 is 1.47 bits per heavy atom. The van der Waals surface area contributed by atoms with Crippen molar-refractivity contribution in [1.29, 1.82) is 0 Å². The van der Waals surface area contributed by atoms with Crippen molar-refractivity contribution in [2.45, 2.75) is 26.2 Å². The largest absolute Gasteiger partial charge is 0.370 e. The molecule has 0 aliphatic carbocycles. The Bertz CT molecular complexity index is 456. The highest BCUT2D eigenvalue weighted by molar-refractivity contribution is 5.74. The van der Waals surface area contributed by atoms with Gasteiger partial charge in [0.25, 0.3) is 0 Å². The Labute approximate surface area is 112 Å². The van der Waals surface area contributed by atoms with Crippen LogP contribution in [0.3, 0.4) is 0 Å². The van der Waals surface area contributed by atoms with Crippen LogP contribution < -0.4 is 21.9 Å². The van der Waals surface area contributed by atoms with E-state index in [1.165, 1.54) is 6.33 Å². The molecule has 0 aromatic carbocycles. The molecule has 0 atom stereocenters. The smallest absolute Gasteiger partial charge is 0.217 e. The minimum Gasteiger partial charge on any atom is -0.370 e. The molecule has 2 rings (SSSR count). The maximum atomic E-state index is 10.9. The molecular formula is C12H20N6O. The van der Waals surface area contributed by atoms with Gasteiger partial charge in [-0.1, -0.05) is 0 Å². The minimum atomic E-state index is -0.216. The zero-order valence-electron chi connectivity index (χ0n) is 11.1. The van der Waals surface area contributed by atoms with Gasteiger partial charge in [-0.2, -0.15) is 0 Å². The lowest BCUT2D eigenvalue weighted by molar-refractivity contribution is -0.119. The number of nitrogens with one attached hydrogen (secondary N) is 1. The summed E-state index contributed by atoms with van der Waals surface area (Å²) in [5, 5.41) is 0. The number of rotatable bonds is 4. The van der Waals surface area contributed by atoms with E-state index >= 15 is 0 Å². The van der Waals surface area contributed by atoms with Crippen molar-refractivity contribution in [1.82, 2.24) is 9.97 Å². The number of anilines is 2. The Hall–Kier alpha value is -1.89. The van der Waals surface area contributed by atoms with Gasteiger partial charge in [-0.15, -0.1) is 0 Å². The third-order valence-corrected chi connectivity index (χ3v) is 3.60. The van der Waals surface area contributed by atoms with E-state index in [4.69, 9.17) is 11.6 Å². The second kappa shape index (κ2) is 5.83. The topological polar surface area (TPSA) is 110 Å². The Morgan fingerprint density at radius 2 is 2.16 bits per heavy atom. The molecule has 0 unspecified atom stereocenters. The number of hydrogen-bond acceptors (Lipinski definition) is 6. The van der Waals surface area contributed by atoms with Gasteiger partial charge in [-0.25, -0.2) is 15.8 Å². The van der Waals surface area contributed by atoms with Crippen molar-refractivity contribution in [3.05, 3.63) is 11.9 Å². The van der Waals surface area contributed by atoms with Gasteiger partial charge in [0.2, 0.25) is 5.91 Å². The summed E-state index contributed by atoms with van der Waals surface area (Å²) in [7, 11) is 0. The van der Waals surface area contributed by atoms with Crippen LogP contribution in [0.5, 0.6) is 0 Å². The van der Waals surface area contributed by atoms with E-state index < -0.39 is 0 Å². The highest BCUT2D eigenvalue weighted by Gasteiger charge is 2.23. The molecule has 0 spiro atoms. The van der Waals surface area contributed by atoms with Gasteiger partial charge >= 0.3 is 0 Å². The number of nitrogens with two attached hydrogens (primary N) is 2. The number of hydrogen-bond donors (Lipinski definition) is 3. The molecule has 1 aliphatic rings. The van der Waals surface area contributed by atoms with Crippen LogP contribution in [0.1, 0.15) is 24.8 Å². The first-order valence-electron chi connectivity index (χ1n) is 6.43. The SMILES string of the molecule is Cc1c(NN)ncnc1N1CCC(CC(N)=O)CC1. The Balaban J connectivity index is 2.03. The average Bonchev–Trinajstić information content (AvgIpc) is 2.39. The first-order chi connectivity index (χ1) is 9.11. The van der Waals surface area contributed by atoms with Gasteiger partial charge < -0.3 is 16.1 Å². The summed E-state index contributed by atoms with van der Waals surface area (Å²) in [6.45, 7) is 3.69. The van der Waals surface area contributed by atoms with Crippen LogP contribution in [0, 0.1) is 12.8 Å². The van der Waals surface area contributed by atoms with Gasteiger partial charge in [0.05, 0.1) is 0 Å². The van der Waals surface area contributed by atoms with E-state index in [9.17, 15) is 4.79 Å². The highest BCUT2D eigenvalue weighted by atomic mass is 16.1. The third kappa shape index (κ3) is 3.11. The quantitative estimate of drug-likeness (QED) is 0.528. The highest BCUT2D eigenvalue weighted by Crippen LogP contribution is 2.27. The molecule has 0 bridgehead atoms. The summed E-state index contributed by atoms with van der Waals surface area (Å²) >= 11 is 0. The maximum Gasteiger partial charge on any atom is 0.217 e. The number of carbonyl (C=O) groups is 1. The lowest BCUT2D eigenvalue weighted by Gasteiger charge is -2.33. The second-order valence-corrected chi connectivity index (χ2v) is 4.92. The van der Waals surface area contributed by atoms with Crippen LogP contribution in [0.2, 0.25) is 0 Å². The average molecular weight is 264 g/mol. The van der Waals surface area contributed by atoms with Crippen molar-refractivity contribution in [3.63, 3.8) is 0 Å². The van der Waals surface area contributed by atoms with E-state index in [0.717, 1.165) is 37.3 Å². The van der Waals surface area contributed by atoms with E-state index in [2.05, 4.69) is 20.3 Å². The molecule has 7 heteroatoms. The number of amides is 1. The monoisotopic (exact) mass is 264 g/mol. The van der Waals surface area contributed by atoms with Crippen molar-refractivity contribution in [2.24, 2.45) is 17.5 Å². The maximum absolute atomic E-state index is 10.9. The summed E-state index contributed by atoms with van der Waals surface area (Å²) in [5.74, 6) is 7.14. The van der Waals surface area contributed by atoms with Crippen molar-refractivity contribution >= 4 is 17.5 Å². The predicted octanol–water partition coefficient (Wildman–Crippen LogP) is 0.162. The Kier molecular flexibility index (Phi) is 4.16. The summed E-state index contributed by atoms with van der Waals surface area (Å²) in [4.78, 5) is 21.5. The minimum absolute atomic E-state index is 0.216. The van der Waals surface area contributed by atoms with Crippen LogP contribution in [-0.2, 0) is 4.79 Å². The molecule has 0 radical (unpaired) electrons. The van der Waals surface area contributed by atoms with E-state index in [1.807, 2.05) is 6.92 Å². The summed E-state index contributed by atoms with van der Waals surface area (Å²) in [5.41, 5.74) is 8.75. The molecule has 104 valence electrons. The number of carbonyl (C=O) groups excluding carboxylic acids is 1. The molecule has 1 aromatic rings. The van der Waals surface area contributed by atoms with E-state index in [1.54, 1.807) is 0 Å². The molecule has 1 saturated heterocycles. The molecule has 5 N–H and O–H groups in total. The van der Waals surface area contributed by atoms with Gasteiger partial charge in [0, 0.05) is 25.1 Å². The second-order valence-electron chi connectivity index (χ2n) is 4.92. The fourth-order valence-corrected chi connectivity index (χ4v) is 2.54. The number of primary amides is 1. The molecular weight excluding hydrogens is 244 g/mol.